The SMILES string of the molecule is CCOc1ncccc1C(=O)Nc1cc(C(=O)Nc2ccccc2)ccc1C. The van der Waals surface area contributed by atoms with E-state index in [0.29, 0.717) is 29.1 Å². The topological polar surface area (TPSA) is 80.3 Å². The molecule has 28 heavy (non-hydrogen) atoms. The van der Waals surface area contributed by atoms with Crippen LogP contribution in [0, 0.1) is 6.92 Å². The third-order valence-corrected chi connectivity index (χ3v) is 4.08. The van der Waals surface area contributed by atoms with Gasteiger partial charge < -0.3 is 15.4 Å². The summed E-state index contributed by atoms with van der Waals surface area (Å²) in [4.78, 5) is 29.3. The van der Waals surface area contributed by atoms with Crippen LogP contribution in [0.2, 0.25) is 0 Å². The normalized spacial score (nSPS) is 10.2. The van der Waals surface area contributed by atoms with Crippen molar-refractivity contribution < 1.29 is 14.3 Å². The zero-order chi connectivity index (χ0) is 19.9. The van der Waals surface area contributed by atoms with Crippen LogP contribution in [0.5, 0.6) is 5.88 Å². The molecule has 6 nitrogen and oxygen atoms in total. The predicted molar refractivity (Wildman–Crippen MR) is 109 cm³/mol. The van der Waals surface area contributed by atoms with E-state index in [9.17, 15) is 9.59 Å². The van der Waals surface area contributed by atoms with Gasteiger partial charge in [-0.1, -0.05) is 24.3 Å². The fourth-order valence-electron chi connectivity index (χ4n) is 2.63. The van der Waals surface area contributed by atoms with E-state index in [-0.39, 0.29) is 17.7 Å². The third-order valence-electron chi connectivity index (χ3n) is 4.08. The maximum absolute atomic E-state index is 12.7. The molecule has 0 aliphatic rings. The molecule has 1 heterocycles. The van der Waals surface area contributed by atoms with Gasteiger partial charge in [-0.05, 0) is 55.8 Å². The summed E-state index contributed by atoms with van der Waals surface area (Å²) in [5, 5.41) is 5.68. The molecule has 6 heteroatoms. The molecule has 3 rings (SSSR count). The number of pyridine rings is 1. The number of anilines is 2. The highest BCUT2D eigenvalue weighted by atomic mass is 16.5. The smallest absolute Gasteiger partial charge is 0.261 e. The van der Waals surface area contributed by atoms with E-state index in [1.54, 1.807) is 36.5 Å². The standard InChI is InChI=1S/C22H21N3O3/c1-3-28-22-18(10-7-13-23-22)21(27)25-19-14-16(12-11-15(19)2)20(26)24-17-8-5-4-6-9-17/h4-14H,3H2,1-2H3,(H,24,26)(H,25,27). The number of ether oxygens (including phenoxy) is 1. The number of aryl methyl sites for hydroxylation is 1. The van der Waals surface area contributed by atoms with Crippen molar-refractivity contribution in [3.05, 3.63) is 83.6 Å². The number of hydrogen-bond acceptors (Lipinski definition) is 4. The van der Waals surface area contributed by atoms with E-state index in [0.717, 1.165) is 5.56 Å². The highest BCUT2D eigenvalue weighted by Gasteiger charge is 2.16. The molecule has 3 aromatic rings. The zero-order valence-electron chi connectivity index (χ0n) is 15.7. The monoisotopic (exact) mass is 375 g/mol. The van der Waals surface area contributed by atoms with E-state index >= 15 is 0 Å². The second kappa shape index (κ2) is 8.81. The molecule has 0 bridgehead atoms. The number of rotatable bonds is 6. The van der Waals surface area contributed by atoms with Crippen molar-refractivity contribution in [2.24, 2.45) is 0 Å². The van der Waals surface area contributed by atoms with Crippen LogP contribution in [-0.2, 0) is 0 Å². The Morgan fingerprint density at radius 3 is 2.50 bits per heavy atom. The van der Waals surface area contributed by atoms with Crippen molar-refractivity contribution in [3.8, 4) is 5.88 Å². The van der Waals surface area contributed by atoms with Crippen LogP contribution in [0.4, 0.5) is 11.4 Å². The van der Waals surface area contributed by atoms with Crippen molar-refractivity contribution >= 4 is 23.2 Å². The number of aromatic nitrogens is 1. The van der Waals surface area contributed by atoms with Gasteiger partial charge in [0, 0.05) is 23.1 Å². The van der Waals surface area contributed by atoms with Gasteiger partial charge in [0.25, 0.3) is 11.8 Å². The van der Waals surface area contributed by atoms with Gasteiger partial charge in [-0.3, -0.25) is 9.59 Å². The zero-order valence-corrected chi connectivity index (χ0v) is 15.7. The first-order chi connectivity index (χ1) is 13.6. The molecule has 142 valence electrons. The van der Waals surface area contributed by atoms with Gasteiger partial charge in [0.05, 0.1) is 6.61 Å². The number of hydrogen-bond donors (Lipinski definition) is 2. The molecular weight excluding hydrogens is 354 g/mol. The largest absolute Gasteiger partial charge is 0.477 e. The summed E-state index contributed by atoms with van der Waals surface area (Å²) < 4.78 is 5.42. The lowest BCUT2D eigenvalue weighted by Crippen LogP contribution is -2.16. The molecule has 0 fully saturated rings. The number of nitrogens with one attached hydrogen (secondary N) is 2. The summed E-state index contributed by atoms with van der Waals surface area (Å²) in [7, 11) is 0. The van der Waals surface area contributed by atoms with Gasteiger partial charge in [0.1, 0.15) is 5.56 Å². The molecule has 0 spiro atoms. The van der Waals surface area contributed by atoms with Crippen molar-refractivity contribution in [3.63, 3.8) is 0 Å². The first kappa shape index (κ1) is 19.1. The number of carbonyl (C=O) groups excluding carboxylic acids is 2. The van der Waals surface area contributed by atoms with Gasteiger partial charge in [-0.2, -0.15) is 0 Å². The fourth-order valence-corrected chi connectivity index (χ4v) is 2.63. The lowest BCUT2D eigenvalue weighted by molar-refractivity contribution is 0.101. The number of benzene rings is 2. The van der Waals surface area contributed by atoms with Gasteiger partial charge in [-0.15, -0.1) is 0 Å². The Hall–Kier alpha value is -3.67. The van der Waals surface area contributed by atoms with Crippen LogP contribution in [0.1, 0.15) is 33.2 Å². The van der Waals surface area contributed by atoms with Gasteiger partial charge in [0.2, 0.25) is 5.88 Å². The van der Waals surface area contributed by atoms with Gasteiger partial charge in [0.15, 0.2) is 0 Å². The van der Waals surface area contributed by atoms with Crippen LogP contribution in [0.25, 0.3) is 0 Å². The molecule has 0 radical (unpaired) electrons. The number of carbonyl (C=O) groups is 2. The first-order valence-electron chi connectivity index (χ1n) is 8.94. The fraction of sp³-hybridized carbons (Fsp3) is 0.136. The molecule has 0 aliphatic carbocycles. The lowest BCUT2D eigenvalue weighted by Gasteiger charge is -2.12. The Morgan fingerprint density at radius 1 is 0.964 bits per heavy atom. The molecule has 0 atom stereocenters. The van der Waals surface area contributed by atoms with E-state index in [2.05, 4.69) is 15.6 Å². The third kappa shape index (κ3) is 4.54. The minimum atomic E-state index is -0.347. The summed E-state index contributed by atoms with van der Waals surface area (Å²) >= 11 is 0. The Morgan fingerprint density at radius 2 is 1.75 bits per heavy atom. The summed E-state index contributed by atoms with van der Waals surface area (Å²) in [5.41, 5.74) is 2.88. The molecule has 1 aromatic heterocycles. The minimum Gasteiger partial charge on any atom is -0.477 e. The predicted octanol–water partition coefficient (Wildman–Crippen LogP) is 4.29. The first-order valence-corrected chi connectivity index (χ1v) is 8.94. The maximum atomic E-state index is 12.7. The number of nitrogens with zero attached hydrogens (tertiary/aromatic N) is 1. The van der Waals surface area contributed by atoms with Crippen LogP contribution in [0.3, 0.4) is 0 Å². The number of amides is 2. The van der Waals surface area contributed by atoms with Crippen LogP contribution < -0.4 is 15.4 Å². The maximum Gasteiger partial charge on any atom is 0.261 e. The van der Waals surface area contributed by atoms with E-state index in [1.165, 1.54) is 0 Å². The molecule has 0 saturated carbocycles. The van der Waals surface area contributed by atoms with E-state index in [4.69, 9.17) is 4.74 Å². The highest BCUT2D eigenvalue weighted by Crippen LogP contribution is 2.21. The van der Waals surface area contributed by atoms with Crippen LogP contribution in [-0.4, -0.2) is 23.4 Å². The molecule has 0 saturated heterocycles. The Balaban J connectivity index is 1.80. The molecule has 0 aliphatic heterocycles. The van der Waals surface area contributed by atoms with Crippen LogP contribution in [0.15, 0.2) is 66.9 Å². The van der Waals surface area contributed by atoms with Crippen molar-refractivity contribution in [2.75, 3.05) is 17.2 Å². The molecular formula is C22H21N3O3. The summed E-state index contributed by atoms with van der Waals surface area (Å²) in [6, 6.07) is 17.7. The summed E-state index contributed by atoms with van der Waals surface area (Å²) in [6.45, 7) is 4.10. The van der Waals surface area contributed by atoms with Crippen molar-refractivity contribution in [2.45, 2.75) is 13.8 Å². The quantitative estimate of drug-likeness (QED) is 0.673. The molecule has 2 amide bonds. The van der Waals surface area contributed by atoms with E-state index in [1.807, 2.05) is 44.2 Å². The summed E-state index contributed by atoms with van der Waals surface area (Å²) in [6.07, 6.45) is 1.57. The average molecular weight is 375 g/mol. The van der Waals surface area contributed by atoms with E-state index < -0.39 is 0 Å². The Bertz CT molecular complexity index is 987. The Labute approximate surface area is 163 Å². The minimum absolute atomic E-state index is 0.252. The molecule has 2 N–H and O–H groups in total. The van der Waals surface area contributed by atoms with Crippen molar-refractivity contribution in [1.82, 2.24) is 4.98 Å². The van der Waals surface area contributed by atoms with Gasteiger partial charge in [-0.25, -0.2) is 4.98 Å². The second-order valence-corrected chi connectivity index (χ2v) is 6.09. The molecule has 0 unspecified atom stereocenters. The second-order valence-electron chi connectivity index (χ2n) is 6.09. The van der Waals surface area contributed by atoms with Crippen molar-refractivity contribution in [1.29, 1.82) is 0 Å². The average Bonchev–Trinajstić information content (AvgIpc) is 2.71. The van der Waals surface area contributed by atoms with Gasteiger partial charge >= 0.3 is 0 Å². The molecule has 2 aromatic carbocycles. The number of para-hydroxylation sites is 1. The lowest BCUT2D eigenvalue weighted by atomic mass is 10.1. The summed E-state index contributed by atoms with van der Waals surface area (Å²) in [5.74, 6) is -0.323. The Kier molecular flexibility index (Phi) is 6.01. The van der Waals surface area contributed by atoms with Crippen LogP contribution >= 0.6 is 0 Å². The highest BCUT2D eigenvalue weighted by molar-refractivity contribution is 6.08.